The first-order valence-electron chi connectivity index (χ1n) is 20.0. The zero-order valence-corrected chi connectivity index (χ0v) is 32.6. The lowest BCUT2D eigenvalue weighted by Gasteiger charge is -2.42. The molecule has 8 aromatic carbocycles. The molecule has 0 unspecified atom stereocenters. The molecule has 0 N–H and O–H groups in total. The van der Waals surface area contributed by atoms with Crippen molar-refractivity contribution in [1.29, 1.82) is 0 Å². The Morgan fingerprint density at radius 2 is 0.982 bits per heavy atom. The normalized spacial score (nSPS) is 14.6. The number of para-hydroxylation sites is 1. The van der Waals surface area contributed by atoms with E-state index in [-0.39, 0.29) is 10.8 Å². The molecule has 1 aromatic heterocycles. The number of anilines is 3. The van der Waals surface area contributed by atoms with Crippen molar-refractivity contribution < 1.29 is 0 Å². The van der Waals surface area contributed by atoms with Crippen molar-refractivity contribution in [1.82, 2.24) is 4.57 Å². The monoisotopic (exact) mass is 722 g/mol. The van der Waals surface area contributed by atoms with Crippen molar-refractivity contribution >= 4 is 49.6 Å². The summed E-state index contributed by atoms with van der Waals surface area (Å²) >= 11 is 0. The highest BCUT2D eigenvalue weighted by Crippen LogP contribution is 2.47. The molecule has 1 aliphatic rings. The van der Waals surface area contributed by atoms with Gasteiger partial charge in [0.15, 0.2) is 0 Å². The molecule has 0 spiro atoms. The summed E-state index contributed by atoms with van der Waals surface area (Å²) in [4.78, 5) is 2.40. The van der Waals surface area contributed by atoms with Crippen LogP contribution in [0.3, 0.4) is 0 Å². The largest absolute Gasteiger partial charge is 0.310 e. The number of fused-ring (bicyclic) bond motifs is 5. The van der Waals surface area contributed by atoms with Crippen LogP contribution in [0.25, 0.3) is 60.5 Å². The SMILES string of the molecule is CC1(C)CCC(C)(C)c2cc(-n3c4ccccc4c4ccc(N(c5ccc(-c6ccccc6)cc5)c5ccc(-c6cccc7ccccc67)cc5)cc43)ccc21. The van der Waals surface area contributed by atoms with Crippen molar-refractivity contribution in [3.8, 4) is 27.9 Å². The summed E-state index contributed by atoms with van der Waals surface area (Å²) in [7, 11) is 0. The van der Waals surface area contributed by atoms with Crippen LogP contribution in [0.5, 0.6) is 0 Å². The molecule has 0 aliphatic heterocycles. The zero-order valence-electron chi connectivity index (χ0n) is 32.6. The van der Waals surface area contributed by atoms with Gasteiger partial charge in [0.1, 0.15) is 0 Å². The third-order valence-corrected chi connectivity index (χ3v) is 12.5. The summed E-state index contributed by atoms with van der Waals surface area (Å²) < 4.78 is 2.49. The summed E-state index contributed by atoms with van der Waals surface area (Å²) in [6, 6.07) is 67.1. The van der Waals surface area contributed by atoms with E-state index in [0.29, 0.717) is 0 Å². The highest BCUT2D eigenvalue weighted by atomic mass is 15.1. The molecule has 2 heteroatoms. The summed E-state index contributed by atoms with van der Waals surface area (Å²) in [5.41, 5.74) is 15.1. The van der Waals surface area contributed by atoms with Gasteiger partial charge in [-0.25, -0.2) is 0 Å². The molecule has 0 fully saturated rings. The number of aromatic nitrogens is 1. The van der Waals surface area contributed by atoms with Crippen LogP contribution < -0.4 is 4.90 Å². The van der Waals surface area contributed by atoms with Gasteiger partial charge in [0, 0.05) is 33.5 Å². The molecule has 10 rings (SSSR count). The Hall–Kier alpha value is -6.38. The average molecular weight is 723 g/mol. The van der Waals surface area contributed by atoms with E-state index >= 15 is 0 Å². The summed E-state index contributed by atoms with van der Waals surface area (Å²) in [6.45, 7) is 9.65. The second-order valence-corrected chi connectivity index (χ2v) is 16.9. The Morgan fingerprint density at radius 1 is 0.411 bits per heavy atom. The van der Waals surface area contributed by atoms with Gasteiger partial charge in [-0.15, -0.1) is 0 Å². The Morgan fingerprint density at radius 3 is 1.73 bits per heavy atom. The van der Waals surface area contributed by atoms with Crippen LogP contribution in [-0.4, -0.2) is 4.57 Å². The summed E-state index contributed by atoms with van der Waals surface area (Å²) in [6.07, 6.45) is 2.39. The third-order valence-electron chi connectivity index (χ3n) is 12.5. The molecular formula is C54H46N2. The maximum absolute atomic E-state index is 2.49. The van der Waals surface area contributed by atoms with E-state index in [0.717, 1.165) is 17.1 Å². The number of benzene rings is 8. The van der Waals surface area contributed by atoms with Crippen molar-refractivity contribution in [2.45, 2.75) is 51.4 Å². The van der Waals surface area contributed by atoms with Crippen molar-refractivity contribution in [3.05, 3.63) is 193 Å². The Kier molecular flexibility index (Phi) is 8.01. The number of nitrogens with zero attached hydrogens (tertiary/aromatic N) is 2. The van der Waals surface area contributed by atoms with E-state index in [1.807, 2.05) is 0 Å². The minimum atomic E-state index is 0.117. The van der Waals surface area contributed by atoms with E-state index in [1.54, 1.807) is 0 Å². The summed E-state index contributed by atoms with van der Waals surface area (Å²) in [5.74, 6) is 0. The molecule has 1 heterocycles. The van der Waals surface area contributed by atoms with Crippen LogP contribution >= 0.6 is 0 Å². The molecular weight excluding hydrogens is 677 g/mol. The highest BCUT2D eigenvalue weighted by molar-refractivity contribution is 6.10. The fourth-order valence-corrected chi connectivity index (χ4v) is 9.24. The van der Waals surface area contributed by atoms with Crippen LogP contribution in [0.15, 0.2) is 182 Å². The van der Waals surface area contributed by atoms with Crippen LogP contribution in [0.4, 0.5) is 17.1 Å². The number of rotatable bonds is 6. The second-order valence-electron chi connectivity index (χ2n) is 16.9. The topological polar surface area (TPSA) is 8.17 Å². The molecule has 9 aromatic rings. The van der Waals surface area contributed by atoms with E-state index in [4.69, 9.17) is 0 Å². The predicted molar refractivity (Wildman–Crippen MR) is 239 cm³/mol. The van der Waals surface area contributed by atoms with Gasteiger partial charge in [0.05, 0.1) is 11.0 Å². The van der Waals surface area contributed by atoms with Crippen LogP contribution in [0.2, 0.25) is 0 Å². The Balaban J connectivity index is 1.15. The maximum Gasteiger partial charge on any atom is 0.0561 e. The lowest BCUT2D eigenvalue weighted by molar-refractivity contribution is 0.332. The molecule has 0 bridgehead atoms. The van der Waals surface area contributed by atoms with E-state index in [1.165, 1.54) is 84.5 Å². The van der Waals surface area contributed by atoms with Gasteiger partial charge in [-0.1, -0.05) is 155 Å². The van der Waals surface area contributed by atoms with E-state index in [2.05, 4.69) is 219 Å². The van der Waals surface area contributed by atoms with Gasteiger partial charge in [-0.2, -0.15) is 0 Å². The molecule has 0 saturated carbocycles. The lowest BCUT2D eigenvalue weighted by Crippen LogP contribution is -2.33. The Labute approximate surface area is 330 Å². The fraction of sp³-hybridized carbons (Fsp3) is 0.148. The zero-order chi connectivity index (χ0) is 38.0. The average Bonchev–Trinajstić information content (AvgIpc) is 3.57. The lowest BCUT2D eigenvalue weighted by atomic mass is 9.63. The van der Waals surface area contributed by atoms with Gasteiger partial charge in [0.2, 0.25) is 0 Å². The molecule has 0 amide bonds. The molecule has 0 atom stereocenters. The summed E-state index contributed by atoms with van der Waals surface area (Å²) in [5, 5.41) is 5.05. The highest BCUT2D eigenvalue weighted by Gasteiger charge is 2.37. The van der Waals surface area contributed by atoms with Crippen molar-refractivity contribution in [2.24, 2.45) is 0 Å². The van der Waals surface area contributed by atoms with Gasteiger partial charge >= 0.3 is 0 Å². The predicted octanol–water partition coefficient (Wildman–Crippen LogP) is 15.1. The third kappa shape index (κ3) is 5.71. The van der Waals surface area contributed by atoms with Gasteiger partial charge in [0.25, 0.3) is 0 Å². The van der Waals surface area contributed by atoms with Gasteiger partial charge in [-0.3, -0.25) is 0 Å². The van der Waals surface area contributed by atoms with Crippen LogP contribution in [0.1, 0.15) is 51.7 Å². The molecule has 272 valence electrons. The molecule has 56 heavy (non-hydrogen) atoms. The smallest absolute Gasteiger partial charge is 0.0561 e. The fourth-order valence-electron chi connectivity index (χ4n) is 9.24. The minimum Gasteiger partial charge on any atom is -0.310 e. The van der Waals surface area contributed by atoms with Crippen LogP contribution in [-0.2, 0) is 10.8 Å². The minimum absolute atomic E-state index is 0.117. The van der Waals surface area contributed by atoms with Gasteiger partial charge < -0.3 is 9.47 Å². The molecule has 2 nitrogen and oxygen atoms in total. The molecule has 0 radical (unpaired) electrons. The standard InChI is InChI=1S/C54H46N2/c1-53(2)33-34-54(3,4)50-35-43(30-32-49(50)53)56-51-20-11-10-18-47(51)48-31-29-44(36-52(48)56)55(41-25-21-38(22-26-41)37-13-6-5-7-14-37)42-27-23-40(24-28-42)46-19-12-16-39-15-8-9-17-45(39)46/h5-32,35-36H,33-34H2,1-4H3. The van der Waals surface area contributed by atoms with Crippen LogP contribution in [0, 0.1) is 0 Å². The Bertz CT molecular complexity index is 2890. The van der Waals surface area contributed by atoms with Crippen molar-refractivity contribution in [3.63, 3.8) is 0 Å². The van der Waals surface area contributed by atoms with Crippen molar-refractivity contribution in [2.75, 3.05) is 4.90 Å². The van der Waals surface area contributed by atoms with E-state index in [9.17, 15) is 0 Å². The van der Waals surface area contributed by atoms with Gasteiger partial charge in [-0.05, 0) is 122 Å². The van der Waals surface area contributed by atoms with E-state index < -0.39 is 0 Å². The number of hydrogen-bond donors (Lipinski definition) is 0. The second kappa shape index (κ2) is 13.1. The quantitative estimate of drug-likeness (QED) is 0.166. The molecule has 0 saturated heterocycles. The number of hydrogen-bond acceptors (Lipinski definition) is 1. The first-order valence-corrected chi connectivity index (χ1v) is 20.0. The first kappa shape index (κ1) is 34.1. The maximum atomic E-state index is 2.49. The molecule has 1 aliphatic carbocycles. The first-order chi connectivity index (χ1) is 27.2.